The molecule has 0 radical (unpaired) electrons. The van der Waals surface area contributed by atoms with Gasteiger partial charge in [-0.1, -0.05) is 0 Å². The van der Waals surface area contributed by atoms with Gasteiger partial charge in [0.25, 0.3) is 0 Å². The van der Waals surface area contributed by atoms with Crippen LogP contribution in [-0.2, 0) is 9.84 Å². The third kappa shape index (κ3) is 2.94. The fourth-order valence-corrected chi connectivity index (χ4v) is 1.58. The van der Waals surface area contributed by atoms with Gasteiger partial charge in [0.15, 0.2) is 20.7 Å². The second kappa shape index (κ2) is 4.42. The van der Waals surface area contributed by atoms with Crippen LogP contribution in [0.15, 0.2) is 35.7 Å². The first-order valence-electron chi connectivity index (χ1n) is 4.62. The smallest absolute Gasteiger partial charge is 0.194 e. The molecule has 0 amide bonds. The topological polar surface area (TPSA) is 97.7 Å². The minimum absolute atomic E-state index is 0.0674. The van der Waals surface area contributed by atoms with Crippen LogP contribution in [-0.4, -0.2) is 34.8 Å². The van der Waals surface area contributed by atoms with Crippen molar-refractivity contribution in [3.63, 3.8) is 0 Å². The monoisotopic (exact) mass is 251 g/mol. The van der Waals surface area contributed by atoms with Crippen molar-refractivity contribution >= 4 is 21.5 Å². The summed E-state index contributed by atoms with van der Waals surface area (Å²) >= 11 is 0. The van der Waals surface area contributed by atoms with E-state index in [-0.39, 0.29) is 5.03 Å². The average Bonchev–Trinajstić information content (AvgIpc) is 2.30. The number of sulfone groups is 1. The highest BCUT2D eigenvalue weighted by Gasteiger charge is 2.09. The Bertz CT molecular complexity index is 597. The Kier molecular flexibility index (Phi) is 2.96. The number of rotatable bonds is 3. The molecule has 0 aromatic carbocycles. The SMILES string of the molecule is CS(=O)(=O)c1ccc(Nc2cnccn2)nn1. The summed E-state index contributed by atoms with van der Waals surface area (Å²) in [5.74, 6) is 0.909. The van der Waals surface area contributed by atoms with Gasteiger partial charge in [-0.05, 0) is 12.1 Å². The summed E-state index contributed by atoms with van der Waals surface area (Å²) < 4.78 is 22.3. The zero-order valence-corrected chi connectivity index (χ0v) is 9.72. The van der Waals surface area contributed by atoms with Gasteiger partial charge in [-0.3, -0.25) is 4.98 Å². The van der Waals surface area contributed by atoms with Crippen molar-refractivity contribution in [1.82, 2.24) is 20.2 Å². The predicted octanol–water partition coefficient (Wildman–Crippen LogP) is 0.414. The number of anilines is 2. The predicted molar refractivity (Wildman–Crippen MR) is 60.5 cm³/mol. The molecule has 2 heterocycles. The van der Waals surface area contributed by atoms with E-state index < -0.39 is 9.84 Å². The van der Waals surface area contributed by atoms with Crippen molar-refractivity contribution in [1.29, 1.82) is 0 Å². The maximum absolute atomic E-state index is 11.2. The molecule has 2 rings (SSSR count). The lowest BCUT2D eigenvalue weighted by Crippen LogP contribution is -2.04. The van der Waals surface area contributed by atoms with Crippen LogP contribution in [0.3, 0.4) is 0 Å². The van der Waals surface area contributed by atoms with E-state index in [1.807, 2.05) is 0 Å². The minimum atomic E-state index is -3.32. The molecular formula is C9H9N5O2S. The van der Waals surface area contributed by atoms with Crippen LogP contribution in [0.1, 0.15) is 0 Å². The number of aromatic nitrogens is 4. The highest BCUT2D eigenvalue weighted by Crippen LogP contribution is 2.11. The Morgan fingerprint density at radius 3 is 2.47 bits per heavy atom. The van der Waals surface area contributed by atoms with Gasteiger partial charge in [0.05, 0.1) is 6.20 Å². The van der Waals surface area contributed by atoms with Crippen LogP contribution >= 0.6 is 0 Å². The van der Waals surface area contributed by atoms with E-state index in [2.05, 4.69) is 25.5 Å². The average molecular weight is 251 g/mol. The lowest BCUT2D eigenvalue weighted by atomic mass is 10.5. The van der Waals surface area contributed by atoms with E-state index in [4.69, 9.17) is 0 Å². The quantitative estimate of drug-likeness (QED) is 0.843. The summed E-state index contributed by atoms with van der Waals surface area (Å²) in [7, 11) is -3.32. The van der Waals surface area contributed by atoms with E-state index in [1.165, 1.54) is 24.5 Å². The summed E-state index contributed by atoms with van der Waals surface area (Å²) in [4.78, 5) is 7.85. The first-order chi connectivity index (χ1) is 8.05. The highest BCUT2D eigenvalue weighted by molar-refractivity contribution is 7.90. The Balaban J connectivity index is 2.20. The van der Waals surface area contributed by atoms with Gasteiger partial charge < -0.3 is 5.32 Å². The zero-order chi connectivity index (χ0) is 12.3. The maximum Gasteiger partial charge on any atom is 0.194 e. The van der Waals surface area contributed by atoms with Crippen LogP contribution in [0.25, 0.3) is 0 Å². The molecule has 0 fully saturated rings. The van der Waals surface area contributed by atoms with Gasteiger partial charge in [-0.15, -0.1) is 10.2 Å². The van der Waals surface area contributed by atoms with Gasteiger partial charge in [-0.25, -0.2) is 13.4 Å². The molecule has 88 valence electrons. The molecule has 0 atom stereocenters. The summed E-state index contributed by atoms with van der Waals surface area (Å²) in [6.07, 6.45) is 5.67. The van der Waals surface area contributed by atoms with Crippen LogP contribution in [0.5, 0.6) is 0 Å². The Morgan fingerprint density at radius 2 is 1.94 bits per heavy atom. The molecule has 0 bridgehead atoms. The minimum Gasteiger partial charge on any atom is -0.322 e. The summed E-state index contributed by atoms with van der Waals surface area (Å²) in [5, 5.41) is 10.1. The molecule has 0 saturated heterocycles. The standard InChI is InChI=1S/C9H9N5O2S/c1-17(15,16)9-3-2-7(13-14-9)12-8-6-10-4-5-11-8/h2-6H,1H3,(H,11,12,13). The van der Waals surface area contributed by atoms with Crippen LogP contribution in [0, 0.1) is 0 Å². The first kappa shape index (κ1) is 11.4. The fourth-order valence-electron chi connectivity index (χ4n) is 1.08. The molecule has 17 heavy (non-hydrogen) atoms. The molecule has 0 unspecified atom stereocenters. The van der Waals surface area contributed by atoms with E-state index >= 15 is 0 Å². The van der Waals surface area contributed by atoms with Crippen molar-refractivity contribution in [2.45, 2.75) is 5.03 Å². The van der Waals surface area contributed by atoms with Gasteiger partial charge in [-0.2, -0.15) is 0 Å². The second-order valence-electron chi connectivity index (χ2n) is 3.24. The molecular weight excluding hydrogens is 242 g/mol. The largest absolute Gasteiger partial charge is 0.322 e. The summed E-state index contributed by atoms with van der Waals surface area (Å²) in [6.45, 7) is 0. The van der Waals surface area contributed by atoms with Crippen molar-refractivity contribution in [3.05, 3.63) is 30.7 Å². The lowest BCUT2D eigenvalue weighted by molar-refractivity contribution is 0.596. The molecule has 0 aliphatic rings. The third-order valence-electron chi connectivity index (χ3n) is 1.84. The second-order valence-corrected chi connectivity index (χ2v) is 5.21. The Hall–Kier alpha value is -2.09. The molecule has 7 nitrogen and oxygen atoms in total. The highest BCUT2D eigenvalue weighted by atomic mass is 32.2. The summed E-state index contributed by atoms with van der Waals surface area (Å²) in [6, 6.07) is 2.89. The van der Waals surface area contributed by atoms with Crippen molar-refractivity contribution in [2.75, 3.05) is 11.6 Å². The third-order valence-corrected chi connectivity index (χ3v) is 2.82. The first-order valence-corrected chi connectivity index (χ1v) is 6.52. The van der Waals surface area contributed by atoms with E-state index in [0.717, 1.165) is 6.26 Å². The number of hydrogen-bond donors (Lipinski definition) is 1. The lowest BCUT2D eigenvalue weighted by Gasteiger charge is -2.03. The van der Waals surface area contributed by atoms with Crippen molar-refractivity contribution in [3.8, 4) is 0 Å². The van der Waals surface area contributed by atoms with Crippen LogP contribution in [0.2, 0.25) is 0 Å². The Morgan fingerprint density at radius 1 is 1.12 bits per heavy atom. The number of nitrogens with one attached hydrogen (secondary N) is 1. The molecule has 0 spiro atoms. The molecule has 0 aliphatic heterocycles. The molecule has 1 N–H and O–H groups in total. The van der Waals surface area contributed by atoms with Crippen molar-refractivity contribution in [2.24, 2.45) is 0 Å². The molecule has 0 aliphatic carbocycles. The molecule has 2 aromatic rings. The van der Waals surface area contributed by atoms with Gasteiger partial charge in [0, 0.05) is 18.6 Å². The van der Waals surface area contributed by atoms with Crippen LogP contribution in [0.4, 0.5) is 11.6 Å². The normalized spacial score (nSPS) is 11.1. The maximum atomic E-state index is 11.2. The van der Waals surface area contributed by atoms with E-state index in [0.29, 0.717) is 11.6 Å². The fraction of sp³-hybridized carbons (Fsp3) is 0.111. The van der Waals surface area contributed by atoms with E-state index in [1.54, 1.807) is 6.20 Å². The van der Waals surface area contributed by atoms with Gasteiger partial charge in [0.1, 0.15) is 5.82 Å². The van der Waals surface area contributed by atoms with E-state index in [9.17, 15) is 8.42 Å². The number of hydrogen-bond acceptors (Lipinski definition) is 7. The van der Waals surface area contributed by atoms with Gasteiger partial charge in [0.2, 0.25) is 0 Å². The number of nitrogens with zero attached hydrogens (tertiary/aromatic N) is 4. The van der Waals surface area contributed by atoms with Crippen molar-refractivity contribution < 1.29 is 8.42 Å². The van der Waals surface area contributed by atoms with Gasteiger partial charge >= 0.3 is 0 Å². The Labute approximate surface area is 97.9 Å². The summed E-state index contributed by atoms with van der Waals surface area (Å²) in [5.41, 5.74) is 0. The molecule has 8 heteroatoms. The molecule has 0 saturated carbocycles. The molecule has 2 aromatic heterocycles. The zero-order valence-electron chi connectivity index (χ0n) is 8.90. The van der Waals surface area contributed by atoms with Crippen LogP contribution < -0.4 is 5.32 Å².